The zero-order chi connectivity index (χ0) is 19.1. The molecule has 1 fully saturated rings. The van der Waals surface area contributed by atoms with E-state index in [1.54, 1.807) is 37.4 Å². The molecule has 0 atom stereocenters. The normalized spacial score (nSPS) is 13.7. The molecule has 0 bridgehead atoms. The number of hydrogen-bond acceptors (Lipinski definition) is 5. The van der Waals surface area contributed by atoms with Gasteiger partial charge in [-0.1, -0.05) is 0 Å². The number of ether oxygens (including phenoxy) is 1. The van der Waals surface area contributed by atoms with Crippen molar-refractivity contribution < 1.29 is 18.7 Å². The highest BCUT2D eigenvalue weighted by molar-refractivity contribution is 5.90. The third-order valence-electron chi connectivity index (χ3n) is 4.93. The van der Waals surface area contributed by atoms with Crippen molar-refractivity contribution in [1.29, 1.82) is 0 Å². The van der Waals surface area contributed by atoms with Crippen LogP contribution in [0.15, 0.2) is 39.7 Å². The van der Waals surface area contributed by atoms with Crippen LogP contribution in [0.3, 0.4) is 0 Å². The number of pyridine rings is 2. The summed E-state index contributed by atoms with van der Waals surface area (Å²) in [6, 6.07) is 6.81. The molecule has 1 saturated carbocycles. The lowest BCUT2D eigenvalue weighted by Gasteiger charge is -2.14. The number of fused-ring (bicyclic) bond motifs is 1. The first kappa shape index (κ1) is 17.3. The minimum Gasteiger partial charge on any atom is -0.462 e. The highest BCUT2D eigenvalue weighted by Crippen LogP contribution is 2.43. The minimum atomic E-state index is -0.595. The average Bonchev–Trinajstić information content (AvgIpc) is 3.39. The van der Waals surface area contributed by atoms with Crippen LogP contribution in [0.5, 0.6) is 0 Å². The molecule has 3 heterocycles. The lowest BCUT2D eigenvalue weighted by Crippen LogP contribution is -2.25. The van der Waals surface area contributed by atoms with Crippen molar-refractivity contribution in [2.45, 2.75) is 32.6 Å². The lowest BCUT2D eigenvalue weighted by molar-refractivity contribution is 0.0524. The molecule has 138 valence electrons. The molecule has 6 nitrogen and oxygen atoms in total. The SMILES string of the molecule is CCOC(=O)c1cc(C2CC2)c2c(C)c(-c3ccc(C=O)o3)ccn2c1=O. The second kappa shape index (κ2) is 6.54. The molecule has 0 aromatic carbocycles. The van der Waals surface area contributed by atoms with Crippen LogP contribution in [-0.4, -0.2) is 23.3 Å². The summed E-state index contributed by atoms with van der Waals surface area (Å²) in [6.07, 6.45) is 4.36. The van der Waals surface area contributed by atoms with Crippen molar-refractivity contribution in [3.8, 4) is 11.3 Å². The zero-order valence-electron chi connectivity index (χ0n) is 15.2. The van der Waals surface area contributed by atoms with Gasteiger partial charge in [-0.15, -0.1) is 0 Å². The summed E-state index contributed by atoms with van der Waals surface area (Å²) in [4.78, 5) is 36.0. The Hall–Kier alpha value is -3.15. The van der Waals surface area contributed by atoms with Crippen molar-refractivity contribution in [3.05, 3.63) is 63.3 Å². The number of aromatic nitrogens is 1. The van der Waals surface area contributed by atoms with Crippen molar-refractivity contribution in [2.75, 3.05) is 6.61 Å². The third-order valence-corrected chi connectivity index (χ3v) is 4.93. The van der Waals surface area contributed by atoms with Crippen LogP contribution in [0.1, 0.15) is 57.7 Å². The van der Waals surface area contributed by atoms with Gasteiger partial charge >= 0.3 is 5.97 Å². The van der Waals surface area contributed by atoms with E-state index in [2.05, 4.69) is 0 Å². The van der Waals surface area contributed by atoms with Gasteiger partial charge < -0.3 is 9.15 Å². The fraction of sp³-hybridized carbons (Fsp3) is 0.286. The molecule has 0 N–H and O–H groups in total. The highest BCUT2D eigenvalue weighted by atomic mass is 16.5. The maximum Gasteiger partial charge on any atom is 0.343 e. The van der Waals surface area contributed by atoms with Crippen molar-refractivity contribution >= 4 is 17.8 Å². The Bertz CT molecular complexity index is 1120. The topological polar surface area (TPSA) is 78.0 Å². The first-order chi connectivity index (χ1) is 13.0. The van der Waals surface area contributed by atoms with Crippen LogP contribution in [-0.2, 0) is 4.74 Å². The molecule has 0 aliphatic heterocycles. The number of hydrogen-bond donors (Lipinski definition) is 0. The van der Waals surface area contributed by atoms with Crippen molar-refractivity contribution in [3.63, 3.8) is 0 Å². The number of nitrogens with zero attached hydrogens (tertiary/aromatic N) is 1. The molecule has 0 amide bonds. The first-order valence-corrected chi connectivity index (χ1v) is 8.96. The minimum absolute atomic E-state index is 0.0599. The van der Waals surface area contributed by atoms with Gasteiger partial charge in [-0.2, -0.15) is 0 Å². The number of aldehydes is 1. The molecule has 0 unspecified atom stereocenters. The Balaban J connectivity index is 1.98. The van der Waals surface area contributed by atoms with Gasteiger partial charge in [0.15, 0.2) is 12.0 Å². The molecule has 0 spiro atoms. The molecule has 4 rings (SSSR count). The maximum absolute atomic E-state index is 12.9. The number of furan rings is 1. The van der Waals surface area contributed by atoms with Gasteiger partial charge in [-0.05, 0) is 68.0 Å². The molecular formula is C21H19NO5. The summed E-state index contributed by atoms with van der Waals surface area (Å²) in [6.45, 7) is 3.85. The molecule has 1 aliphatic rings. The van der Waals surface area contributed by atoms with E-state index < -0.39 is 11.5 Å². The molecule has 6 heteroatoms. The van der Waals surface area contributed by atoms with Crippen LogP contribution in [0.2, 0.25) is 0 Å². The van der Waals surface area contributed by atoms with E-state index in [0.717, 1.165) is 35.0 Å². The predicted octanol–water partition coefficient (Wildman–Crippen LogP) is 3.73. The Labute approximate surface area is 155 Å². The van der Waals surface area contributed by atoms with Crippen LogP contribution in [0.4, 0.5) is 0 Å². The summed E-state index contributed by atoms with van der Waals surface area (Å²) >= 11 is 0. The van der Waals surface area contributed by atoms with E-state index in [4.69, 9.17) is 9.15 Å². The van der Waals surface area contributed by atoms with E-state index in [1.807, 2.05) is 6.92 Å². The monoisotopic (exact) mass is 365 g/mol. The van der Waals surface area contributed by atoms with Crippen LogP contribution < -0.4 is 5.56 Å². The van der Waals surface area contributed by atoms with Crippen molar-refractivity contribution in [2.24, 2.45) is 0 Å². The zero-order valence-corrected chi connectivity index (χ0v) is 15.2. The number of carbonyl (C=O) groups is 2. The van der Waals surface area contributed by atoms with Gasteiger partial charge in [0, 0.05) is 11.8 Å². The van der Waals surface area contributed by atoms with Crippen molar-refractivity contribution in [1.82, 2.24) is 4.40 Å². The van der Waals surface area contributed by atoms with Gasteiger partial charge in [0.05, 0.1) is 12.1 Å². The van der Waals surface area contributed by atoms with Crippen LogP contribution in [0, 0.1) is 6.92 Å². The standard InChI is InChI=1S/C21H19NO5/c1-3-26-21(25)17-10-16(13-4-5-13)19-12(2)15(8-9-22(19)20(17)24)18-7-6-14(11-23)27-18/h6-11,13H,3-5H2,1-2H3. The molecule has 0 saturated heterocycles. The van der Waals surface area contributed by atoms with E-state index in [1.165, 1.54) is 4.40 Å². The third kappa shape index (κ3) is 2.87. The van der Waals surface area contributed by atoms with E-state index in [9.17, 15) is 14.4 Å². The fourth-order valence-electron chi connectivity index (χ4n) is 3.49. The largest absolute Gasteiger partial charge is 0.462 e. The van der Waals surface area contributed by atoms with Gasteiger partial charge in [-0.25, -0.2) is 4.79 Å². The Morgan fingerprint density at radius 2 is 2.11 bits per heavy atom. The smallest absolute Gasteiger partial charge is 0.343 e. The second-order valence-electron chi connectivity index (χ2n) is 6.71. The number of esters is 1. The molecule has 0 radical (unpaired) electrons. The summed E-state index contributed by atoms with van der Waals surface area (Å²) < 4.78 is 12.1. The summed E-state index contributed by atoms with van der Waals surface area (Å²) in [5.74, 6) is 0.551. The predicted molar refractivity (Wildman–Crippen MR) is 99.4 cm³/mol. The first-order valence-electron chi connectivity index (χ1n) is 8.96. The second-order valence-corrected chi connectivity index (χ2v) is 6.71. The highest BCUT2D eigenvalue weighted by Gasteiger charge is 2.30. The fourth-order valence-corrected chi connectivity index (χ4v) is 3.49. The Kier molecular flexibility index (Phi) is 4.18. The van der Waals surface area contributed by atoms with Crippen LogP contribution >= 0.6 is 0 Å². The lowest BCUT2D eigenvalue weighted by atomic mass is 9.99. The Morgan fingerprint density at radius 3 is 2.74 bits per heavy atom. The molecular weight excluding hydrogens is 346 g/mol. The van der Waals surface area contributed by atoms with Gasteiger partial charge in [0.1, 0.15) is 11.3 Å². The molecule has 3 aromatic heterocycles. The summed E-state index contributed by atoms with van der Waals surface area (Å²) in [5.41, 5.74) is 3.11. The maximum atomic E-state index is 12.9. The number of aryl methyl sites for hydroxylation is 1. The quantitative estimate of drug-likeness (QED) is 0.508. The van der Waals surface area contributed by atoms with E-state index in [0.29, 0.717) is 18.0 Å². The average molecular weight is 365 g/mol. The number of carbonyl (C=O) groups excluding carboxylic acids is 2. The molecule has 27 heavy (non-hydrogen) atoms. The molecule has 3 aromatic rings. The summed E-state index contributed by atoms with van der Waals surface area (Å²) in [7, 11) is 0. The van der Waals surface area contributed by atoms with Gasteiger partial charge in [0.2, 0.25) is 0 Å². The number of rotatable bonds is 5. The summed E-state index contributed by atoms with van der Waals surface area (Å²) in [5, 5.41) is 0. The van der Waals surface area contributed by atoms with Gasteiger partial charge in [-0.3, -0.25) is 14.0 Å². The van der Waals surface area contributed by atoms with E-state index in [-0.39, 0.29) is 17.9 Å². The van der Waals surface area contributed by atoms with E-state index >= 15 is 0 Å². The van der Waals surface area contributed by atoms with Gasteiger partial charge in [0.25, 0.3) is 5.56 Å². The molecule has 1 aliphatic carbocycles. The van der Waals surface area contributed by atoms with Crippen LogP contribution in [0.25, 0.3) is 16.8 Å². The Morgan fingerprint density at radius 1 is 1.33 bits per heavy atom.